The van der Waals surface area contributed by atoms with E-state index in [0.29, 0.717) is 28.8 Å². The molecule has 2 aliphatic heterocycles. The third kappa shape index (κ3) is 6.85. The van der Waals surface area contributed by atoms with Crippen molar-refractivity contribution in [3.8, 4) is 5.75 Å². The van der Waals surface area contributed by atoms with Gasteiger partial charge in [-0.25, -0.2) is 8.78 Å². The first-order valence-corrected chi connectivity index (χ1v) is 14.3. The predicted octanol–water partition coefficient (Wildman–Crippen LogP) is 4.52. The van der Waals surface area contributed by atoms with Crippen LogP contribution in [-0.4, -0.2) is 79.1 Å². The number of anilines is 3. The molecule has 42 heavy (non-hydrogen) atoms. The van der Waals surface area contributed by atoms with Gasteiger partial charge in [-0.1, -0.05) is 0 Å². The molecule has 0 bridgehead atoms. The van der Waals surface area contributed by atoms with Gasteiger partial charge < -0.3 is 19.9 Å². The maximum Gasteiger partial charge on any atom is 0.256 e. The Hall–Kier alpha value is -4.09. The first-order chi connectivity index (χ1) is 20.3. The Morgan fingerprint density at radius 2 is 1.48 bits per heavy atom. The van der Waals surface area contributed by atoms with Crippen molar-refractivity contribution in [2.75, 3.05) is 61.5 Å². The molecule has 2 heterocycles. The molecular formula is C31H33F2N5O3S. The molecule has 0 spiro atoms. The van der Waals surface area contributed by atoms with Crippen molar-refractivity contribution in [1.29, 1.82) is 0 Å². The van der Waals surface area contributed by atoms with Crippen molar-refractivity contribution in [2.24, 2.45) is 0 Å². The normalized spacial score (nSPS) is 17.6. The molecule has 0 saturated carbocycles. The molecule has 1 atom stereocenters. The van der Waals surface area contributed by atoms with Crippen LogP contribution in [0.15, 0.2) is 72.8 Å². The SMILES string of the molecule is COc1ccc(NC(=O)C[C@@H]2C(=O)N(c3ccc(F)cc3)C(=S)N2CCCN2CCN(c3ccc(F)cc3)CC2)cc1. The number of nitrogens with one attached hydrogen (secondary N) is 1. The van der Waals surface area contributed by atoms with Crippen molar-refractivity contribution in [3.05, 3.63) is 84.4 Å². The molecule has 220 valence electrons. The lowest BCUT2D eigenvalue weighted by Crippen LogP contribution is -2.47. The van der Waals surface area contributed by atoms with Gasteiger partial charge in [0, 0.05) is 44.1 Å². The summed E-state index contributed by atoms with van der Waals surface area (Å²) in [6.45, 7) is 4.66. The number of benzene rings is 3. The minimum Gasteiger partial charge on any atom is -0.497 e. The van der Waals surface area contributed by atoms with E-state index in [4.69, 9.17) is 17.0 Å². The molecule has 8 nitrogen and oxygen atoms in total. The number of ether oxygens (including phenoxy) is 1. The number of hydrogen-bond acceptors (Lipinski definition) is 6. The van der Waals surface area contributed by atoms with E-state index in [1.165, 1.54) is 41.3 Å². The van der Waals surface area contributed by atoms with Crippen LogP contribution in [0.4, 0.5) is 25.8 Å². The smallest absolute Gasteiger partial charge is 0.256 e. The summed E-state index contributed by atoms with van der Waals surface area (Å²) in [6.07, 6.45) is 0.650. The summed E-state index contributed by atoms with van der Waals surface area (Å²) in [5.74, 6) is -0.621. The number of hydrogen-bond donors (Lipinski definition) is 1. The molecular weight excluding hydrogens is 560 g/mol. The third-order valence-electron chi connectivity index (χ3n) is 7.59. The molecule has 2 amide bonds. The van der Waals surface area contributed by atoms with E-state index in [9.17, 15) is 18.4 Å². The number of carbonyl (C=O) groups excluding carboxylic acids is 2. The Kier molecular flexibility index (Phi) is 9.28. The van der Waals surface area contributed by atoms with Crippen molar-refractivity contribution < 1.29 is 23.1 Å². The van der Waals surface area contributed by atoms with Gasteiger partial charge in [0.2, 0.25) is 5.91 Å². The third-order valence-corrected chi connectivity index (χ3v) is 8.01. The molecule has 2 fully saturated rings. The molecule has 2 aliphatic rings. The van der Waals surface area contributed by atoms with E-state index in [-0.39, 0.29) is 24.1 Å². The number of thiocarbonyl (C=S) groups is 1. The second-order valence-corrected chi connectivity index (χ2v) is 10.6. The monoisotopic (exact) mass is 593 g/mol. The van der Waals surface area contributed by atoms with Gasteiger partial charge in [0.05, 0.1) is 19.2 Å². The van der Waals surface area contributed by atoms with Crippen molar-refractivity contribution >= 4 is 46.2 Å². The zero-order chi connectivity index (χ0) is 29.6. The topological polar surface area (TPSA) is 68.4 Å². The highest BCUT2D eigenvalue weighted by Gasteiger charge is 2.44. The second kappa shape index (κ2) is 13.3. The van der Waals surface area contributed by atoms with E-state index >= 15 is 0 Å². The average Bonchev–Trinajstić information content (AvgIpc) is 3.22. The summed E-state index contributed by atoms with van der Waals surface area (Å²) in [5, 5.41) is 3.15. The van der Waals surface area contributed by atoms with Gasteiger partial charge in [-0.3, -0.25) is 19.4 Å². The molecule has 11 heteroatoms. The Labute approximate surface area is 249 Å². The number of halogens is 2. The highest BCUT2D eigenvalue weighted by atomic mass is 32.1. The zero-order valence-corrected chi connectivity index (χ0v) is 24.2. The number of piperazine rings is 1. The standard InChI is InChI=1S/C31H33F2N5O3S/c1-41-27-13-7-24(8-14-27)34-29(39)21-28-30(40)38(26-11-5-23(33)6-12-26)31(42)37(28)16-2-15-35-17-19-36(20-18-35)25-9-3-22(32)4-10-25/h3-14,28H,2,15-21H2,1H3,(H,34,39)/t28-/m1/s1. The quantitative estimate of drug-likeness (QED) is 0.347. The summed E-state index contributed by atoms with van der Waals surface area (Å²) in [6, 6.07) is 18.3. The van der Waals surface area contributed by atoms with Gasteiger partial charge in [0.15, 0.2) is 5.11 Å². The van der Waals surface area contributed by atoms with Gasteiger partial charge >= 0.3 is 0 Å². The Morgan fingerprint density at radius 3 is 2.07 bits per heavy atom. The summed E-state index contributed by atoms with van der Waals surface area (Å²) >= 11 is 5.73. The van der Waals surface area contributed by atoms with Gasteiger partial charge in [-0.15, -0.1) is 0 Å². The molecule has 0 aromatic heterocycles. The summed E-state index contributed by atoms with van der Waals surface area (Å²) in [4.78, 5) is 34.4. The van der Waals surface area contributed by atoms with Crippen LogP contribution in [0.25, 0.3) is 0 Å². The lowest BCUT2D eigenvalue weighted by atomic mass is 10.1. The predicted molar refractivity (Wildman–Crippen MR) is 163 cm³/mol. The fourth-order valence-electron chi connectivity index (χ4n) is 5.32. The van der Waals surface area contributed by atoms with Gasteiger partial charge in [0.25, 0.3) is 5.91 Å². The average molecular weight is 594 g/mol. The second-order valence-electron chi connectivity index (χ2n) is 10.3. The van der Waals surface area contributed by atoms with Gasteiger partial charge in [-0.05, 0) is 98.0 Å². The number of methoxy groups -OCH3 is 1. The molecule has 0 aliphatic carbocycles. The fourth-order valence-corrected chi connectivity index (χ4v) is 5.74. The van der Waals surface area contributed by atoms with Crippen LogP contribution in [0.3, 0.4) is 0 Å². The summed E-state index contributed by atoms with van der Waals surface area (Å²) < 4.78 is 32.1. The van der Waals surface area contributed by atoms with Crippen LogP contribution in [0.1, 0.15) is 12.8 Å². The van der Waals surface area contributed by atoms with Crippen LogP contribution in [-0.2, 0) is 9.59 Å². The Morgan fingerprint density at radius 1 is 0.881 bits per heavy atom. The van der Waals surface area contributed by atoms with E-state index in [0.717, 1.165) is 44.8 Å². The summed E-state index contributed by atoms with van der Waals surface area (Å²) in [5.41, 5.74) is 2.07. The zero-order valence-electron chi connectivity index (χ0n) is 23.3. The van der Waals surface area contributed by atoms with Crippen molar-refractivity contribution in [1.82, 2.24) is 9.80 Å². The summed E-state index contributed by atoms with van der Waals surface area (Å²) in [7, 11) is 1.57. The van der Waals surface area contributed by atoms with Crippen LogP contribution >= 0.6 is 12.2 Å². The van der Waals surface area contributed by atoms with Crippen LogP contribution in [0.5, 0.6) is 5.75 Å². The number of carbonyl (C=O) groups is 2. The highest BCUT2D eigenvalue weighted by molar-refractivity contribution is 7.80. The first-order valence-electron chi connectivity index (χ1n) is 13.9. The first kappa shape index (κ1) is 29.4. The molecule has 5 rings (SSSR count). The minimum absolute atomic E-state index is 0.0843. The number of rotatable bonds is 10. The number of nitrogens with zero attached hydrogens (tertiary/aromatic N) is 4. The molecule has 3 aromatic rings. The van der Waals surface area contributed by atoms with E-state index < -0.39 is 11.9 Å². The minimum atomic E-state index is -0.781. The maximum absolute atomic E-state index is 13.6. The fraction of sp³-hybridized carbons (Fsp3) is 0.323. The lowest BCUT2D eigenvalue weighted by Gasteiger charge is -2.36. The number of amides is 2. The Bertz CT molecular complexity index is 1400. The van der Waals surface area contributed by atoms with Gasteiger partial charge in [0.1, 0.15) is 23.4 Å². The van der Waals surface area contributed by atoms with E-state index in [1.54, 1.807) is 43.5 Å². The largest absolute Gasteiger partial charge is 0.497 e. The molecule has 0 radical (unpaired) electrons. The highest BCUT2D eigenvalue weighted by Crippen LogP contribution is 2.28. The van der Waals surface area contributed by atoms with E-state index in [2.05, 4.69) is 15.1 Å². The van der Waals surface area contributed by atoms with Crippen molar-refractivity contribution in [3.63, 3.8) is 0 Å². The van der Waals surface area contributed by atoms with Crippen LogP contribution in [0, 0.1) is 11.6 Å². The lowest BCUT2D eigenvalue weighted by molar-refractivity contribution is -0.124. The molecule has 0 unspecified atom stereocenters. The Balaban J connectivity index is 1.22. The molecule has 1 N–H and O–H groups in total. The van der Waals surface area contributed by atoms with Crippen LogP contribution < -0.4 is 19.9 Å². The molecule has 3 aromatic carbocycles. The van der Waals surface area contributed by atoms with Gasteiger partial charge in [-0.2, -0.15) is 0 Å². The molecule has 2 saturated heterocycles. The maximum atomic E-state index is 13.6. The van der Waals surface area contributed by atoms with Crippen LogP contribution in [0.2, 0.25) is 0 Å². The van der Waals surface area contributed by atoms with E-state index in [1.807, 2.05) is 4.90 Å². The van der Waals surface area contributed by atoms with Crippen molar-refractivity contribution in [2.45, 2.75) is 18.9 Å².